The van der Waals surface area contributed by atoms with Crippen LogP contribution in [0.3, 0.4) is 0 Å². The second-order valence-corrected chi connectivity index (χ2v) is 4.77. The lowest BCUT2D eigenvalue weighted by Crippen LogP contribution is -2.51. The summed E-state index contributed by atoms with van der Waals surface area (Å²) in [4.78, 5) is 0. The summed E-state index contributed by atoms with van der Waals surface area (Å²) in [5.41, 5.74) is -1.52. The highest BCUT2D eigenvalue weighted by Crippen LogP contribution is 2.51. The highest BCUT2D eigenvalue weighted by atomic mass is 16.5. The molecule has 0 radical (unpaired) electrons. The quantitative estimate of drug-likeness (QED) is 0.726. The predicted octanol–water partition coefficient (Wildman–Crippen LogP) is 1.47. The Hall–Kier alpha value is -0.590. The molecule has 2 atom stereocenters. The van der Waals surface area contributed by atoms with Crippen molar-refractivity contribution in [3.63, 3.8) is 0 Å². The third-order valence-corrected chi connectivity index (χ3v) is 3.80. The Morgan fingerprint density at radius 1 is 1.57 bits per heavy atom. The average Bonchev–Trinajstić information content (AvgIpc) is 3.02. The van der Waals surface area contributed by atoms with E-state index in [1.165, 1.54) is 0 Å². The van der Waals surface area contributed by atoms with E-state index in [0.717, 1.165) is 32.3 Å². The molecule has 1 aliphatic heterocycles. The first-order chi connectivity index (χ1) is 6.62. The molecule has 1 aliphatic carbocycles. The van der Waals surface area contributed by atoms with E-state index in [0.29, 0.717) is 12.5 Å². The van der Waals surface area contributed by atoms with Crippen LogP contribution in [0.2, 0.25) is 0 Å². The van der Waals surface area contributed by atoms with Crippen molar-refractivity contribution in [2.24, 2.45) is 11.3 Å². The van der Waals surface area contributed by atoms with Gasteiger partial charge in [-0.25, -0.2) is 0 Å². The summed E-state index contributed by atoms with van der Waals surface area (Å²) in [5, 5.41) is 19.7. The van der Waals surface area contributed by atoms with Crippen LogP contribution in [0, 0.1) is 22.7 Å². The molecule has 2 rings (SSSR count). The van der Waals surface area contributed by atoms with E-state index < -0.39 is 11.0 Å². The topological polar surface area (TPSA) is 53.2 Å². The molecule has 2 aliphatic rings. The highest BCUT2D eigenvalue weighted by molar-refractivity contribution is 5.15. The van der Waals surface area contributed by atoms with Crippen molar-refractivity contribution in [2.45, 2.75) is 38.2 Å². The molecule has 2 fully saturated rings. The van der Waals surface area contributed by atoms with Gasteiger partial charge in [-0.2, -0.15) is 5.26 Å². The van der Waals surface area contributed by atoms with Gasteiger partial charge in [0.15, 0.2) is 0 Å². The van der Waals surface area contributed by atoms with Crippen LogP contribution in [0.25, 0.3) is 0 Å². The summed E-state index contributed by atoms with van der Waals surface area (Å²) in [5.74, 6) is 0.309. The van der Waals surface area contributed by atoms with E-state index in [1.807, 2.05) is 6.92 Å². The number of nitrogens with zero attached hydrogens (tertiary/aromatic N) is 1. The summed E-state index contributed by atoms with van der Waals surface area (Å²) in [7, 11) is 0. The minimum Gasteiger partial charge on any atom is -0.388 e. The van der Waals surface area contributed by atoms with Crippen molar-refractivity contribution in [3.8, 4) is 6.07 Å². The van der Waals surface area contributed by atoms with Crippen LogP contribution in [-0.2, 0) is 4.74 Å². The maximum Gasteiger partial charge on any atom is 0.109 e. The van der Waals surface area contributed by atoms with Gasteiger partial charge in [0, 0.05) is 6.61 Å². The van der Waals surface area contributed by atoms with E-state index in [4.69, 9.17) is 4.74 Å². The molecule has 0 spiro atoms. The number of nitriles is 1. The van der Waals surface area contributed by atoms with Crippen molar-refractivity contribution in [1.29, 1.82) is 5.26 Å². The number of aliphatic hydroxyl groups is 1. The van der Waals surface area contributed by atoms with Gasteiger partial charge < -0.3 is 9.84 Å². The first kappa shape index (κ1) is 9.95. The van der Waals surface area contributed by atoms with Crippen molar-refractivity contribution in [1.82, 2.24) is 0 Å². The molecule has 14 heavy (non-hydrogen) atoms. The molecule has 3 nitrogen and oxygen atoms in total. The second kappa shape index (κ2) is 3.22. The SMILES string of the molecule is CC(O)(C1CC1)C1(C#N)CCCOC1. The Labute approximate surface area is 84.7 Å². The molecule has 0 aromatic rings. The van der Waals surface area contributed by atoms with E-state index in [2.05, 4.69) is 6.07 Å². The van der Waals surface area contributed by atoms with Crippen LogP contribution in [0.5, 0.6) is 0 Å². The number of rotatable bonds is 2. The Bertz CT molecular complexity index is 257. The van der Waals surface area contributed by atoms with E-state index in [1.54, 1.807) is 0 Å². The average molecular weight is 195 g/mol. The highest BCUT2D eigenvalue weighted by Gasteiger charge is 2.56. The molecule has 1 heterocycles. The molecule has 0 aromatic carbocycles. The third kappa shape index (κ3) is 1.34. The molecule has 1 saturated heterocycles. The zero-order valence-corrected chi connectivity index (χ0v) is 8.62. The van der Waals surface area contributed by atoms with Crippen molar-refractivity contribution in [3.05, 3.63) is 0 Å². The van der Waals surface area contributed by atoms with Gasteiger partial charge in [-0.3, -0.25) is 0 Å². The summed E-state index contributed by atoms with van der Waals surface area (Å²) in [6.45, 7) is 2.93. The predicted molar refractivity (Wildman–Crippen MR) is 51.4 cm³/mol. The summed E-state index contributed by atoms with van der Waals surface area (Å²) < 4.78 is 5.36. The molecular weight excluding hydrogens is 178 g/mol. The van der Waals surface area contributed by atoms with Crippen molar-refractivity contribution in [2.75, 3.05) is 13.2 Å². The minimum absolute atomic E-state index is 0.309. The summed E-state index contributed by atoms with van der Waals surface area (Å²) in [6.07, 6.45) is 3.76. The van der Waals surface area contributed by atoms with Crippen LogP contribution >= 0.6 is 0 Å². The molecule has 3 heteroatoms. The minimum atomic E-state index is -0.859. The third-order valence-electron chi connectivity index (χ3n) is 3.80. The zero-order chi connectivity index (χ0) is 10.2. The molecular formula is C11H17NO2. The van der Waals surface area contributed by atoms with Gasteiger partial charge in [-0.15, -0.1) is 0 Å². The Balaban J connectivity index is 2.21. The number of hydrogen-bond acceptors (Lipinski definition) is 3. The standard InChI is InChI=1S/C11H17NO2/c1-10(13,9-3-4-9)11(7-12)5-2-6-14-8-11/h9,13H,2-6,8H2,1H3. The van der Waals surface area contributed by atoms with Crippen LogP contribution in [-0.4, -0.2) is 23.9 Å². The normalized spacial score (nSPS) is 37.2. The van der Waals surface area contributed by atoms with Crippen molar-refractivity contribution < 1.29 is 9.84 Å². The molecule has 2 unspecified atom stereocenters. The van der Waals surface area contributed by atoms with E-state index in [9.17, 15) is 10.4 Å². The van der Waals surface area contributed by atoms with Gasteiger partial charge in [0.1, 0.15) is 5.41 Å². The zero-order valence-electron chi connectivity index (χ0n) is 8.62. The monoisotopic (exact) mass is 195 g/mol. The summed E-state index contributed by atoms with van der Waals surface area (Å²) >= 11 is 0. The Morgan fingerprint density at radius 2 is 2.29 bits per heavy atom. The van der Waals surface area contributed by atoms with Gasteiger partial charge in [-0.1, -0.05) is 0 Å². The molecule has 78 valence electrons. The van der Waals surface area contributed by atoms with Crippen LogP contribution < -0.4 is 0 Å². The fourth-order valence-corrected chi connectivity index (χ4v) is 2.43. The second-order valence-electron chi connectivity index (χ2n) is 4.77. The smallest absolute Gasteiger partial charge is 0.109 e. The van der Waals surface area contributed by atoms with Crippen LogP contribution in [0.1, 0.15) is 32.6 Å². The van der Waals surface area contributed by atoms with Crippen molar-refractivity contribution >= 4 is 0 Å². The van der Waals surface area contributed by atoms with Gasteiger partial charge in [0.05, 0.1) is 18.3 Å². The van der Waals surface area contributed by atoms with Gasteiger partial charge in [-0.05, 0) is 38.5 Å². The maximum atomic E-state index is 10.4. The lowest BCUT2D eigenvalue weighted by molar-refractivity contribution is -0.120. The lowest BCUT2D eigenvalue weighted by Gasteiger charge is -2.42. The molecule has 0 bridgehead atoms. The molecule has 1 saturated carbocycles. The van der Waals surface area contributed by atoms with Crippen LogP contribution in [0.15, 0.2) is 0 Å². The fraction of sp³-hybridized carbons (Fsp3) is 0.909. The lowest BCUT2D eigenvalue weighted by atomic mass is 9.68. The molecule has 1 N–H and O–H groups in total. The maximum absolute atomic E-state index is 10.4. The van der Waals surface area contributed by atoms with Gasteiger partial charge >= 0.3 is 0 Å². The van der Waals surface area contributed by atoms with E-state index >= 15 is 0 Å². The Kier molecular flexibility index (Phi) is 2.29. The number of hydrogen-bond donors (Lipinski definition) is 1. The number of ether oxygens (including phenoxy) is 1. The first-order valence-corrected chi connectivity index (χ1v) is 5.34. The molecule has 0 amide bonds. The van der Waals surface area contributed by atoms with E-state index in [-0.39, 0.29) is 0 Å². The van der Waals surface area contributed by atoms with Gasteiger partial charge in [0.25, 0.3) is 0 Å². The molecule has 0 aromatic heterocycles. The van der Waals surface area contributed by atoms with Gasteiger partial charge in [0.2, 0.25) is 0 Å². The first-order valence-electron chi connectivity index (χ1n) is 5.34. The van der Waals surface area contributed by atoms with Crippen LogP contribution in [0.4, 0.5) is 0 Å². The largest absolute Gasteiger partial charge is 0.388 e. The summed E-state index contributed by atoms with van der Waals surface area (Å²) in [6, 6.07) is 2.30. The Morgan fingerprint density at radius 3 is 2.71 bits per heavy atom. The fourth-order valence-electron chi connectivity index (χ4n) is 2.43.